The molecular formula is C19H27N3O4S. The van der Waals surface area contributed by atoms with E-state index in [1.54, 1.807) is 11.4 Å². The summed E-state index contributed by atoms with van der Waals surface area (Å²) in [6.07, 6.45) is 1.56. The molecule has 0 atom stereocenters. The lowest BCUT2D eigenvalue weighted by molar-refractivity contribution is 0.181. The summed E-state index contributed by atoms with van der Waals surface area (Å²) in [4.78, 5) is 17.4. The van der Waals surface area contributed by atoms with Crippen LogP contribution >= 0.6 is 0 Å². The molecule has 8 heteroatoms. The molecule has 1 saturated heterocycles. The zero-order chi connectivity index (χ0) is 19.4. The number of methoxy groups -OCH3 is 1. The summed E-state index contributed by atoms with van der Waals surface area (Å²) < 4.78 is 31.4. The fraction of sp³-hybridized carbons (Fsp3) is 0.526. The second kappa shape index (κ2) is 8.41. The van der Waals surface area contributed by atoms with E-state index in [2.05, 4.69) is 9.88 Å². The molecule has 0 unspecified atom stereocenters. The zero-order valence-electron chi connectivity index (χ0n) is 15.9. The number of rotatable bonds is 7. The summed E-state index contributed by atoms with van der Waals surface area (Å²) in [7, 11) is -1.55. The highest BCUT2D eigenvalue weighted by atomic mass is 32.2. The molecular weight excluding hydrogens is 366 g/mol. The first-order valence-electron chi connectivity index (χ1n) is 9.33. The smallest absolute Gasteiger partial charge is 0.252 e. The molecule has 0 amide bonds. The van der Waals surface area contributed by atoms with E-state index in [1.165, 1.54) is 0 Å². The van der Waals surface area contributed by atoms with E-state index in [0.29, 0.717) is 44.7 Å². The van der Waals surface area contributed by atoms with Crippen LogP contribution in [0.5, 0.6) is 5.75 Å². The normalized spacial score (nSPS) is 16.7. The summed E-state index contributed by atoms with van der Waals surface area (Å²) in [5.41, 5.74) is 1.35. The number of aromatic amines is 1. The number of pyridine rings is 1. The summed E-state index contributed by atoms with van der Waals surface area (Å²) in [5.74, 6) is 0.960. The molecule has 1 N–H and O–H groups in total. The monoisotopic (exact) mass is 393 g/mol. The van der Waals surface area contributed by atoms with Gasteiger partial charge in [-0.1, -0.05) is 13.3 Å². The average molecular weight is 394 g/mol. The predicted molar refractivity (Wildman–Crippen MR) is 107 cm³/mol. The van der Waals surface area contributed by atoms with E-state index in [9.17, 15) is 13.2 Å². The number of nitrogens with one attached hydrogen (secondary N) is 1. The van der Waals surface area contributed by atoms with E-state index in [1.807, 2.05) is 31.2 Å². The number of benzene rings is 1. The molecule has 7 nitrogen and oxygen atoms in total. The molecule has 1 aliphatic rings. The first-order chi connectivity index (χ1) is 12.9. The number of ether oxygens (including phenoxy) is 1. The molecule has 0 spiro atoms. The molecule has 1 aromatic heterocycles. The Bertz CT molecular complexity index is 947. The lowest BCUT2D eigenvalue weighted by Crippen LogP contribution is -2.49. The quantitative estimate of drug-likeness (QED) is 0.775. The van der Waals surface area contributed by atoms with Crippen LogP contribution in [-0.4, -0.2) is 61.6 Å². The van der Waals surface area contributed by atoms with Crippen molar-refractivity contribution in [3.8, 4) is 5.75 Å². The van der Waals surface area contributed by atoms with Crippen LogP contribution in [0.2, 0.25) is 0 Å². The molecule has 2 heterocycles. The van der Waals surface area contributed by atoms with Crippen molar-refractivity contribution in [3.63, 3.8) is 0 Å². The van der Waals surface area contributed by atoms with Crippen molar-refractivity contribution in [1.82, 2.24) is 14.2 Å². The number of piperazine rings is 1. The third-order valence-electron chi connectivity index (χ3n) is 5.00. The van der Waals surface area contributed by atoms with Crippen molar-refractivity contribution < 1.29 is 13.2 Å². The van der Waals surface area contributed by atoms with Gasteiger partial charge in [0.1, 0.15) is 5.75 Å². The molecule has 1 aromatic carbocycles. The number of unbranched alkanes of at least 4 members (excludes halogenated alkanes) is 1. The van der Waals surface area contributed by atoms with Gasteiger partial charge in [0, 0.05) is 49.2 Å². The van der Waals surface area contributed by atoms with Gasteiger partial charge in [0.05, 0.1) is 12.9 Å². The molecule has 148 valence electrons. The van der Waals surface area contributed by atoms with Crippen LogP contribution in [0.4, 0.5) is 0 Å². The van der Waals surface area contributed by atoms with Crippen molar-refractivity contribution >= 4 is 20.9 Å². The molecule has 0 bridgehead atoms. The fourth-order valence-electron chi connectivity index (χ4n) is 3.34. The van der Waals surface area contributed by atoms with E-state index in [0.717, 1.165) is 23.1 Å². The molecule has 1 aliphatic heterocycles. The maximum Gasteiger partial charge on any atom is 0.252 e. The van der Waals surface area contributed by atoms with Crippen molar-refractivity contribution in [2.45, 2.75) is 26.3 Å². The summed E-state index contributed by atoms with van der Waals surface area (Å²) in [6.45, 7) is 4.70. The van der Waals surface area contributed by atoms with Gasteiger partial charge in [-0.25, -0.2) is 8.42 Å². The molecule has 0 radical (unpaired) electrons. The van der Waals surface area contributed by atoms with Gasteiger partial charge in [0.15, 0.2) is 0 Å². The molecule has 27 heavy (non-hydrogen) atoms. The first kappa shape index (κ1) is 19.9. The second-order valence-electron chi connectivity index (χ2n) is 6.92. The Morgan fingerprint density at radius 1 is 1.15 bits per heavy atom. The van der Waals surface area contributed by atoms with Crippen molar-refractivity contribution in [1.29, 1.82) is 0 Å². The van der Waals surface area contributed by atoms with E-state index < -0.39 is 10.0 Å². The van der Waals surface area contributed by atoms with Gasteiger partial charge in [0.25, 0.3) is 5.56 Å². The van der Waals surface area contributed by atoms with Gasteiger partial charge in [-0.05, 0) is 30.7 Å². The van der Waals surface area contributed by atoms with Crippen LogP contribution in [0, 0.1) is 0 Å². The predicted octanol–water partition coefficient (Wildman–Crippen LogP) is 1.78. The van der Waals surface area contributed by atoms with Gasteiger partial charge in [-0.3, -0.25) is 9.69 Å². The van der Waals surface area contributed by atoms with Crippen molar-refractivity contribution in [3.05, 3.63) is 40.2 Å². The van der Waals surface area contributed by atoms with Crippen LogP contribution in [0.1, 0.15) is 25.3 Å². The lowest BCUT2D eigenvalue weighted by atomic mass is 10.1. The van der Waals surface area contributed by atoms with Crippen LogP contribution in [-0.2, 0) is 16.6 Å². The third kappa shape index (κ3) is 4.69. The molecule has 0 saturated carbocycles. The molecule has 3 rings (SSSR count). The number of H-pyrrole nitrogens is 1. The Morgan fingerprint density at radius 3 is 2.56 bits per heavy atom. The molecule has 0 aliphatic carbocycles. The Kier molecular flexibility index (Phi) is 6.18. The Labute approximate surface area is 160 Å². The first-order valence-corrected chi connectivity index (χ1v) is 10.9. The lowest BCUT2D eigenvalue weighted by Gasteiger charge is -2.33. The summed E-state index contributed by atoms with van der Waals surface area (Å²) >= 11 is 0. The number of hydrogen-bond acceptors (Lipinski definition) is 5. The van der Waals surface area contributed by atoms with Crippen molar-refractivity contribution in [2.75, 3.05) is 39.0 Å². The van der Waals surface area contributed by atoms with Crippen LogP contribution in [0.15, 0.2) is 29.1 Å². The summed E-state index contributed by atoms with van der Waals surface area (Å²) in [6, 6.07) is 7.43. The number of fused-ring (bicyclic) bond motifs is 1. The standard InChI is InChI=1S/C19H27N3O4S/c1-3-4-11-27(24,25)22-9-7-21(8-10-22)14-16-12-15-13-17(26-2)5-6-18(15)20-19(16)23/h5-6,12-13H,3-4,7-11,14H2,1-2H3,(H,20,23). The zero-order valence-corrected chi connectivity index (χ0v) is 16.7. The average Bonchev–Trinajstić information content (AvgIpc) is 2.67. The van der Waals surface area contributed by atoms with E-state index in [4.69, 9.17) is 4.74 Å². The van der Waals surface area contributed by atoms with Crippen LogP contribution in [0.3, 0.4) is 0 Å². The van der Waals surface area contributed by atoms with Crippen LogP contribution < -0.4 is 10.3 Å². The highest BCUT2D eigenvalue weighted by Crippen LogP contribution is 2.19. The topological polar surface area (TPSA) is 82.7 Å². The van der Waals surface area contributed by atoms with E-state index in [-0.39, 0.29) is 11.3 Å². The minimum atomic E-state index is -3.16. The number of aromatic nitrogens is 1. The van der Waals surface area contributed by atoms with E-state index >= 15 is 0 Å². The van der Waals surface area contributed by atoms with Gasteiger partial charge in [-0.2, -0.15) is 4.31 Å². The van der Waals surface area contributed by atoms with Gasteiger partial charge in [0.2, 0.25) is 10.0 Å². The largest absolute Gasteiger partial charge is 0.497 e. The number of hydrogen-bond donors (Lipinski definition) is 1. The summed E-state index contributed by atoms with van der Waals surface area (Å²) in [5, 5.41) is 0.921. The van der Waals surface area contributed by atoms with Crippen molar-refractivity contribution in [2.24, 2.45) is 0 Å². The Hall–Kier alpha value is -1.90. The number of nitrogens with zero attached hydrogens (tertiary/aromatic N) is 2. The highest BCUT2D eigenvalue weighted by Gasteiger charge is 2.26. The van der Waals surface area contributed by atoms with Gasteiger partial charge < -0.3 is 9.72 Å². The maximum atomic E-state index is 12.4. The fourth-order valence-corrected chi connectivity index (χ4v) is 4.97. The van der Waals surface area contributed by atoms with Crippen LogP contribution in [0.25, 0.3) is 10.9 Å². The second-order valence-corrected chi connectivity index (χ2v) is 9.01. The van der Waals surface area contributed by atoms with Gasteiger partial charge in [-0.15, -0.1) is 0 Å². The minimum absolute atomic E-state index is 0.106. The Balaban J connectivity index is 1.68. The Morgan fingerprint density at radius 2 is 1.89 bits per heavy atom. The maximum absolute atomic E-state index is 12.4. The SMILES string of the molecule is CCCCS(=O)(=O)N1CCN(Cc2cc3cc(OC)ccc3[nH]c2=O)CC1. The van der Waals surface area contributed by atoms with Gasteiger partial charge >= 0.3 is 0 Å². The molecule has 2 aromatic rings. The third-order valence-corrected chi connectivity index (χ3v) is 6.96. The molecule has 1 fully saturated rings. The number of sulfonamides is 1. The minimum Gasteiger partial charge on any atom is -0.497 e. The highest BCUT2D eigenvalue weighted by molar-refractivity contribution is 7.89.